The van der Waals surface area contributed by atoms with Crippen LogP contribution in [0.4, 0.5) is 0 Å². The highest BCUT2D eigenvalue weighted by Crippen LogP contribution is 2.16. The zero-order valence-electron chi connectivity index (χ0n) is 9.17. The summed E-state index contributed by atoms with van der Waals surface area (Å²) in [4.78, 5) is 13.1. The van der Waals surface area contributed by atoms with Crippen LogP contribution in [0.1, 0.15) is 11.7 Å². The summed E-state index contributed by atoms with van der Waals surface area (Å²) < 4.78 is 4.91. The van der Waals surface area contributed by atoms with Crippen LogP contribution in [0.25, 0.3) is 0 Å². The van der Waals surface area contributed by atoms with Crippen LogP contribution < -0.4 is 0 Å². The Morgan fingerprint density at radius 2 is 2.19 bits per heavy atom. The Kier molecular flexibility index (Phi) is 3.22. The number of nitrogens with zero attached hydrogens (tertiary/aromatic N) is 1. The Morgan fingerprint density at radius 3 is 2.75 bits per heavy atom. The van der Waals surface area contributed by atoms with E-state index in [0.717, 1.165) is 5.56 Å². The Labute approximate surface area is 94.4 Å². The third-order valence-electron chi connectivity index (χ3n) is 2.62. The molecule has 16 heavy (non-hydrogen) atoms. The van der Waals surface area contributed by atoms with E-state index in [0.29, 0.717) is 13.2 Å². The van der Waals surface area contributed by atoms with E-state index in [1.165, 1.54) is 4.90 Å². The van der Waals surface area contributed by atoms with Crippen molar-refractivity contribution < 1.29 is 14.6 Å². The summed E-state index contributed by atoms with van der Waals surface area (Å²) in [6.07, 6.45) is -0.929. The third kappa shape index (κ3) is 2.59. The molecule has 1 amide bonds. The Morgan fingerprint density at radius 1 is 1.56 bits per heavy atom. The number of epoxide rings is 1. The van der Waals surface area contributed by atoms with Crippen LogP contribution in [-0.2, 0) is 9.53 Å². The zero-order chi connectivity index (χ0) is 11.5. The lowest BCUT2D eigenvalue weighted by atomic mass is 10.1. The van der Waals surface area contributed by atoms with Gasteiger partial charge >= 0.3 is 0 Å². The van der Waals surface area contributed by atoms with Gasteiger partial charge in [0.05, 0.1) is 19.3 Å². The van der Waals surface area contributed by atoms with Gasteiger partial charge in [0.25, 0.3) is 5.91 Å². The molecular weight excluding hydrogens is 206 g/mol. The smallest absolute Gasteiger partial charge is 0.253 e. The van der Waals surface area contributed by atoms with Crippen molar-refractivity contribution in [1.82, 2.24) is 4.90 Å². The van der Waals surface area contributed by atoms with Crippen molar-refractivity contribution >= 4 is 5.91 Å². The highest BCUT2D eigenvalue weighted by Gasteiger charge is 2.34. The Bertz CT molecular complexity index is 362. The predicted molar refractivity (Wildman–Crippen MR) is 58.8 cm³/mol. The minimum Gasteiger partial charge on any atom is -0.387 e. The molecule has 0 aromatic heterocycles. The van der Waals surface area contributed by atoms with Crippen molar-refractivity contribution in [3.63, 3.8) is 0 Å². The molecule has 0 bridgehead atoms. The van der Waals surface area contributed by atoms with E-state index in [-0.39, 0.29) is 12.0 Å². The van der Waals surface area contributed by atoms with Crippen LogP contribution in [0, 0.1) is 0 Å². The second-order valence-corrected chi connectivity index (χ2v) is 3.97. The number of carbonyl (C=O) groups is 1. The molecule has 2 unspecified atom stereocenters. The van der Waals surface area contributed by atoms with E-state index in [2.05, 4.69) is 0 Å². The van der Waals surface area contributed by atoms with E-state index in [4.69, 9.17) is 4.74 Å². The van der Waals surface area contributed by atoms with Gasteiger partial charge in [0.15, 0.2) is 6.10 Å². The SMILES string of the molecule is CN(CC(O)c1ccccc1)C(=O)C1CO1. The molecule has 0 radical (unpaired) electrons. The first-order chi connectivity index (χ1) is 7.68. The van der Waals surface area contributed by atoms with Crippen LogP contribution in [-0.4, -0.2) is 42.2 Å². The van der Waals surface area contributed by atoms with Gasteiger partial charge in [0.1, 0.15) is 0 Å². The van der Waals surface area contributed by atoms with Gasteiger partial charge in [-0.05, 0) is 5.56 Å². The first kappa shape index (κ1) is 11.1. The molecule has 0 saturated carbocycles. The van der Waals surface area contributed by atoms with Crippen LogP contribution in [0.2, 0.25) is 0 Å². The van der Waals surface area contributed by atoms with Crippen molar-refractivity contribution in [2.75, 3.05) is 20.2 Å². The second kappa shape index (κ2) is 4.63. The summed E-state index contributed by atoms with van der Waals surface area (Å²) in [6.45, 7) is 0.799. The average molecular weight is 221 g/mol. The zero-order valence-corrected chi connectivity index (χ0v) is 9.17. The number of aliphatic hydroxyl groups is 1. The normalized spacial score (nSPS) is 20.2. The van der Waals surface area contributed by atoms with Gasteiger partial charge in [0, 0.05) is 7.05 Å². The molecule has 4 heteroatoms. The van der Waals surface area contributed by atoms with Crippen LogP contribution >= 0.6 is 0 Å². The van der Waals surface area contributed by atoms with Gasteiger partial charge in [-0.15, -0.1) is 0 Å². The van der Waals surface area contributed by atoms with Crippen molar-refractivity contribution in [2.45, 2.75) is 12.2 Å². The molecular formula is C12H15NO3. The molecule has 2 rings (SSSR count). The number of benzene rings is 1. The molecule has 1 heterocycles. The first-order valence-electron chi connectivity index (χ1n) is 5.28. The number of amides is 1. The van der Waals surface area contributed by atoms with E-state index in [1.807, 2.05) is 30.3 Å². The molecule has 1 aromatic carbocycles. The molecule has 0 aliphatic carbocycles. The number of likely N-dealkylation sites (N-methyl/N-ethyl adjacent to an activating group) is 1. The van der Waals surface area contributed by atoms with E-state index in [9.17, 15) is 9.90 Å². The predicted octanol–water partition coefficient (Wildman–Crippen LogP) is 0.577. The summed E-state index contributed by atoms with van der Waals surface area (Å²) >= 11 is 0. The molecule has 0 spiro atoms. The second-order valence-electron chi connectivity index (χ2n) is 3.97. The highest BCUT2D eigenvalue weighted by molar-refractivity contribution is 5.82. The molecule has 4 nitrogen and oxygen atoms in total. The van der Waals surface area contributed by atoms with Crippen molar-refractivity contribution in [1.29, 1.82) is 0 Å². The van der Waals surface area contributed by atoms with Crippen LogP contribution in [0.3, 0.4) is 0 Å². The number of hydrogen-bond acceptors (Lipinski definition) is 3. The van der Waals surface area contributed by atoms with Gasteiger partial charge in [-0.1, -0.05) is 30.3 Å². The van der Waals surface area contributed by atoms with E-state index < -0.39 is 6.10 Å². The van der Waals surface area contributed by atoms with Gasteiger partial charge in [-0.25, -0.2) is 0 Å². The van der Waals surface area contributed by atoms with Crippen LogP contribution in [0.5, 0.6) is 0 Å². The lowest BCUT2D eigenvalue weighted by Gasteiger charge is -2.20. The molecule has 1 N–H and O–H groups in total. The molecule has 2 atom stereocenters. The standard InChI is InChI=1S/C12H15NO3/c1-13(12(15)11-8-16-11)7-10(14)9-5-3-2-4-6-9/h2-6,10-11,14H,7-8H2,1H3. The fourth-order valence-corrected chi connectivity index (χ4v) is 1.57. The van der Waals surface area contributed by atoms with Gasteiger partial charge in [0.2, 0.25) is 0 Å². The average Bonchev–Trinajstić information content (AvgIpc) is 3.13. The third-order valence-corrected chi connectivity index (χ3v) is 2.62. The highest BCUT2D eigenvalue weighted by atomic mass is 16.6. The number of aliphatic hydroxyl groups excluding tert-OH is 1. The maximum atomic E-state index is 11.6. The molecule has 1 saturated heterocycles. The Balaban J connectivity index is 1.91. The fraction of sp³-hybridized carbons (Fsp3) is 0.417. The van der Waals surface area contributed by atoms with Crippen molar-refractivity contribution in [3.8, 4) is 0 Å². The first-order valence-corrected chi connectivity index (χ1v) is 5.28. The van der Waals surface area contributed by atoms with E-state index in [1.54, 1.807) is 7.05 Å². The summed E-state index contributed by atoms with van der Waals surface area (Å²) in [5.74, 6) is -0.0602. The van der Waals surface area contributed by atoms with Gasteiger partial charge < -0.3 is 14.7 Å². The molecule has 1 aliphatic rings. The van der Waals surface area contributed by atoms with Crippen molar-refractivity contribution in [3.05, 3.63) is 35.9 Å². The fourth-order valence-electron chi connectivity index (χ4n) is 1.57. The van der Waals surface area contributed by atoms with Crippen molar-refractivity contribution in [2.24, 2.45) is 0 Å². The van der Waals surface area contributed by atoms with E-state index >= 15 is 0 Å². The lowest BCUT2D eigenvalue weighted by Crippen LogP contribution is -2.34. The summed E-state index contributed by atoms with van der Waals surface area (Å²) in [5.41, 5.74) is 0.818. The maximum Gasteiger partial charge on any atom is 0.253 e. The quantitative estimate of drug-likeness (QED) is 0.756. The summed E-state index contributed by atoms with van der Waals surface area (Å²) in [6, 6.07) is 9.31. The monoisotopic (exact) mass is 221 g/mol. The number of hydrogen-bond donors (Lipinski definition) is 1. The van der Waals surface area contributed by atoms with Crippen LogP contribution in [0.15, 0.2) is 30.3 Å². The summed E-state index contributed by atoms with van der Waals surface area (Å²) in [7, 11) is 1.68. The van der Waals surface area contributed by atoms with Gasteiger partial charge in [-0.3, -0.25) is 4.79 Å². The maximum absolute atomic E-state index is 11.6. The molecule has 1 aliphatic heterocycles. The van der Waals surface area contributed by atoms with Gasteiger partial charge in [-0.2, -0.15) is 0 Å². The number of rotatable bonds is 4. The minimum atomic E-state index is -0.645. The number of carbonyl (C=O) groups excluding carboxylic acids is 1. The Hall–Kier alpha value is -1.39. The molecule has 86 valence electrons. The lowest BCUT2D eigenvalue weighted by molar-refractivity contribution is -0.132. The summed E-state index contributed by atoms with van der Waals surface area (Å²) in [5, 5.41) is 9.91. The topological polar surface area (TPSA) is 53.1 Å². The number of ether oxygens (including phenoxy) is 1. The molecule has 1 fully saturated rings. The minimum absolute atomic E-state index is 0.0602. The molecule has 1 aromatic rings. The largest absolute Gasteiger partial charge is 0.387 e.